The lowest BCUT2D eigenvalue weighted by molar-refractivity contribution is -0.182. The van der Waals surface area contributed by atoms with Crippen LogP contribution < -0.4 is 5.32 Å². The molecule has 1 saturated carbocycles. The Morgan fingerprint density at radius 1 is 1.12 bits per heavy atom. The van der Waals surface area contributed by atoms with Crippen LogP contribution in [0.15, 0.2) is 34.6 Å². The summed E-state index contributed by atoms with van der Waals surface area (Å²) in [5.74, 6) is -3.10. The largest absolute Gasteiger partial charge is 0.417 e. The van der Waals surface area contributed by atoms with E-state index in [0.29, 0.717) is 16.6 Å². The van der Waals surface area contributed by atoms with Gasteiger partial charge in [-0.25, -0.2) is 4.31 Å². The molecule has 0 atom stereocenters. The lowest BCUT2D eigenvalue weighted by Gasteiger charge is -2.32. The molecule has 0 unspecified atom stereocenters. The van der Waals surface area contributed by atoms with Gasteiger partial charge in [0.25, 0.3) is 5.91 Å². The van der Waals surface area contributed by atoms with Crippen LogP contribution in [-0.4, -0.2) is 42.0 Å². The van der Waals surface area contributed by atoms with Crippen molar-refractivity contribution in [3.8, 4) is 0 Å². The third kappa shape index (κ3) is 5.65. The molecule has 3 rings (SSSR count). The minimum Gasteiger partial charge on any atom is -0.319 e. The number of aromatic nitrogens is 1. The second-order valence-corrected chi connectivity index (χ2v) is 9.21. The monoisotopic (exact) mass is 498 g/mol. The van der Waals surface area contributed by atoms with E-state index in [4.69, 9.17) is 0 Å². The van der Waals surface area contributed by atoms with Gasteiger partial charge in [-0.2, -0.15) is 34.8 Å². The highest BCUT2D eigenvalue weighted by atomic mass is 32.2. The second-order valence-electron chi connectivity index (χ2n) is 7.69. The van der Waals surface area contributed by atoms with Crippen LogP contribution in [0, 0.1) is 11.8 Å². The van der Waals surface area contributed by atoms with Crippen molar-refractivity contribution in [3.63, 3.8) is 0 Å². The molecular formula is C19H20F6N4O3S. The average molecular weight is 498 g/mol. The normalized spacial score (nSPS) is 23.5. The molecule has 0 radical (unpaired) electrons. The van der Waals surface area contributed by atoms with Gasteiger partial charge in [-0.3, -0.25) is 9.78 Å². The number of allylic oxidation sites excluding steroid dienone is 1. The number of nitrogens with zero attached hydrogens (tertiary/aromatic N) is 3. The standard InChI is InChI=1S/C19H20F6N4O3S/c1-2-29-16(17(30)27-14-7-13(9-26-10-14)19(23,24)25)8-15(28-33(29,31)32)11-3-5-12(6-4-11)18(20,21)22/h7-12H,2-6H2,1H3,(H,27,30). The molecule has 2 aliphatic rings. The summed E-state index contributed by atoms with van der Waals surface area (Å²) in [6.07, 6.45) is -6.67. The molecule has 0 aromatic carbocycles. The number of rotatable bonds is 4. The molecule has 0 spiro atoms. The molecule has 1 N–H and O–H groups in total. The minimum absolute atomic E-state index is 0.0353. The van der Waals surface area contributed by atoms with Crippen LogP contribution in [0.1, 0.15) is 38.2 Å². The van der Waals surface area contributed by atoms with Gasteiger partial charge < -0.3 is 5.32 Å². The van der Waals surface area contributed by atoms with Crippen molar-refractivity contribution in [3.05, 3.63) is 35.8 Å². The molecule has 2 heterocycles. The molecule has 1 fully saturated rings. The van der Waals surface area contributed by atoms with E-state index in [9.17, 15) is 39.6 Å². The summed E-state index contributed by atoms with van der Waals surface area (Å²) < 4.78 is 107. The van der Waals surface area contributed by atoms with E-state index < -0.39 is 51.6 Å². The number of alkyl halides is 6. The number of carbonyl (C=O) groups excluding carboxylic acids is 1. The predicted molar refractivity (Wildman–Crippen MR) is 106 cm³/mol. The van der Waals surface area contributed by atoms with Crippen LogP contribution in [0.25, 0.3) is 0 Å². The summed E-state index contributed by atoms with van der Waals surface area (Å²) in [6.45, 7) is 1.24. The van der Waals surface area contributed by atoms with Crippen molar-refractivity contribution < 1.29 is 39.6 Å². The molecule has 1 aromatic rings. The molecule has 0 saturated heterocycles. The summed E-state index contributed by atoms with van der Waals surface area (Å²) in [6, 6.07) is 0.645. The van der Waals surface area contributed by atoms with Gasteiger partial charge in [-0.05, 0) is 44.7 Å². The molecule has 1 aromatic heterocycles. The number of hydrogen-bond donors (Lipinski definition) is 1. The van der Waals surface area contributed by atoms with Crippen molar-refractivity contribution in [1.29, 1.82) is 0 Å². The maximum atomic E-state index is 12.9. The van der Waals surface area contributed by atoms with Crippen LogP contribution in [0.5, 0.6) is 0 Å². The lowest BCUT2D eigenvalue weighted by atomic mass is 9.79. The molecular weight excluding hydrogens is 478 g/mol. The highest BCUT2D eigenvalue weighted by molar-refractivity contribution is 7.88. The number of hydrogen-bond acceptors (Lipinski definition) is 4. The Hall–Kier alpha value is -2.64. The average Bonchev–Trinajstić information content (AvgIpc) is 2.71. The van der Waals surface area contributed by atoms with Crippen molar-refractivity contribution in [2.45, 2.75) is 45.0 Å². The van der Waals surface area contributed by atoms with Crippen molar-refractivity contribution in [2.75, 3.05) is 11.9 Å². The van der Waals surface area contributed by atoms with E-state index in [2.05, 4.69) is 14.7 Å². The Morgan fingerprint density at radius 2 is 1.76 bits per heavy atom. The van der Waals surface area contributed by atoms with Gasteiger partial charge in [0.15, 0.2) is 0 Å². The highest BCUT2D eigenvalue weighted by Crippen LogP contribution is 2.41. The predicted octanol–water partition coefficient (Wildman–Crippen LogP) is 4.31. The minimum atomic E-state index is -4.70. The van der Waals surface area contributed by atoms with Gasteiger partial charge in [-0.1, -0.05) is 0 Å². The van der Waals surface area contributed by atoms with E-state index in [0.717, 1.165) is 6.20 Å². The first-order valence-corrected chi connectivity index (χ1v) is 11.4. The molecule has 182 valence electrons. The van der Waals surface area contributed by atoms with Crippen molar-refractivity contribution >= 4 is 27.5 Å². The number of likely N-dealkylation sites (N-methyl/N-ethyl adjacent to an activating group) is 1. The van der Waals surface area contributed by atoms with Gasteiger partial charge in [0.05, 0.1) is 29.1 Å². The summed E-state index contributed by atoms with van der Waals surface area (Å²) in [5, 5.41) is 2.20. The fraction of sp³-hybridized carbons (Fsp3) is 0.526. The summed E-state index contributed by atoms with van der Waals surface area (Å²) in [4.78, 5) is 16.2. The highest BCUT2D eigenvalue weighted by Gasteiger charge is 2.43. The summed E-state index contributed by atoms with van der Waals surface area (Å²) in [7, 11) is -4.36. The molecule has 7 nitrogen and oxygen atoms in total. The maximum Gasteiger partial charge on any atom is 0.417 e. The molecule has 33 heavy (non-hydrogen) atoms. The third-order valence-electron chi connectivity index (χ3n) is 5.50. The van der Waals surface area contributed by atoms with Crippen LogP contribution in [0.3, 0.4) is 0 Å². The SMILES string of the molecule is CCN1C(C(=O)Nc2cncc(C(F)(F)F)c2)=CC(C2CCC(C(F)(F)F)CC2)=NS1(=O)=O. The maximum absolute atomic E-state index is 12.9. The van der Waals surface area contributed by atoms with E-state index in [1.165, 1.54) is 13.0 Å². The Balaban J connectivity index is 1.86. The number of anilines is 1. The van der Waals surface area contributed by atoms with Crippen LogP contribution in [0.2, 0.25) is 0 Å². The molecule has 1 aliphatic carbocycles. The number of nitrogens with one attached hydrogen (secondary N) is 1. The Bertz CT molecular complexity index is 1070. The zero-order valence-corrected chi connectivity index (χ0v) is 18.1. The smallest absolute Gasteiger partial charge is 0.319 e. The second kappa shape index (κ2) is 8.95. The summed E-state index contributed by atoms with van der Waals surface area (Å²) in [5.41, 5.74) is -1.86. The topological polar surface area (TPSA) is 91.7 Å². The molecule has 14 heteroatoms. The molecule has 1 amide bonds. The number of amides is 1. The van der Waals surface area contributed by atoms with Gasteiger partial charge in [-0.15, -0.1) is 4.40 Å². The van der Waals surface area contributed by atoms with E-state index in [-0.39, 0.29) is 43.6 Å². The lowest BCUT2D eigenvalue weighted by Crippen LogP contribution is -2.40. The van der Waals surface area contributed by atoms with E-state index in [1.807, 2.05) is 0 Å². The number of pyridine rings is 1. The fourth-order valence-electron chi connectivity index (χ4n) is 3.82. The first-order valence-electron chi connectivity index (χ1n) is 9.97. The Kier molecular flexibility index (Phi) is 6.78. The first kappa shape index (κ1) is 25.0. The summed E-state index contributed by atoms with van der Waals surface area (Å²) >= 11 is 0. The quantitative estimate of drug-likeness (QED) is 0.627. The first-order chi connectivity index (χ1) is 15.2. The van der Waals surface area contributed by atoms with Gasteiger partial charge in [0.1, 0.15) is 5.70 Å². The van der Waals surface area contributed by atoms with Crippen LogP contribution >= 0.6 is 0 Å². The van der Waals surface area contributed by atoms with Gasteiger partial charge >= 0.3 is 22.6 Å². The molecule has 1 aliphatic heterocycles. The van der Waals surface area contributed by atoms with Crippen LogP contribution in [0.4, 0.5) is 32.0 Å². The number of halogens is 6. The Labute approximate surface area is 185 Å². The molecule has 0 bridgehead atoms. The van der Waals surface area contributed by atoms with Crippen LogP contribution in [-0.2, 0) is 21.2 Å². The number of carbonyl (C=O) groups is 1. The van der Waals surface area contributed by atoms with Crippen molar-refractivity contribution in [1.82, 2.24) is 9.29 Å². The zero-order chi connectivity index (χ0) is 24.6. The van der Waals surface area contributed by atoms with Crippen molar-refractivity contribution in [2.24, 2.45) is 16.2 Å². The Morgan fingerprint density at radius 3 is 2.30 bits per heavy atom. The van der Waals surface area contributed by atoms with Gasteiger partial charge in [0.2, 0.25) is 0 Å². The third-order valence-corrected chi connectivity index (χ3v) is 6.96. The van der Waals surface area contributed by atoms with Gasteiger partial charge in [0, 0.05) is 18.7 Å². The van der Waals surface area contributed by atoms with E-state index >= 15 is 0 Å². The zero-order valence-electron chi connectivity index (χ0n) is 17.2. The van der Waals surface area contributed by atoms with E-state index in [1.54, 1.807) is 0 Å². The fourth-order valence-corrected chi connectivity index (χ4v) is 5.10.